The van der Waals surface area contributed by atoms with Gasteiger partial charge in [-0.1, -0.05) is 30.3 Å². The van der Waals surface area contributed by atoms with Crippen molar-refractivity contribution in [1.82, 2.24) is 10.6 Å². The smallest absolute Gasteiger partial charge is 0.236 e. The molecule has 23 heavy (non-hydrogen) atoms. The molecule has 0 radical (unpaired) electrons. The Morgan fingerprint density at radius 1 is 1.17 bits per heavy atom. The van der Waals surface area contributed by atoms with Gasteiger partial charge in [-0.15, -0.1) is 0 Å². The Bertz CT molecular complexity index is 644. The maximum Gasteiger partial charge on any atom is 0.236 e. The zero-order chi connectivity index (χ0) is 16.7. The number of likely N-dealkylation sites (N-methyl/N-ethyl adjacent to an activating group) is 1. The van der Waals surface area contributed by atoms with Gasteiger partial charge in [-0.3, -0.25) is 4.79 Å². The molecule has 0 fully saturated rings. The van der Waals surface area contributed by atoms with Crippen molar-refractivity contribution in [2.24, 2.45) is 0 Å². The first kappa shape index (κ1) is 17.0. The van der Waals surface area contributed by atoms with Gasteiger partial charge in [0.1, 0.15) is 18.2 Å². The number of hydrogen-bond acceptors (Lipinski definition) is 3. The van der Waals surface area contributed by atoms with E-state index in [0.717, 1.165) is 5.56 Å². The third-order valence-corrected chi connectivity index (χ3v) is 3.53. The number of ether oxygens (including phenoxy) is 1. The molecule has 0 aliphatic heterocycles. The summed E-state index contributed by atoms with van der Waals surface area (Å²) in [7, 11) is 1.61. The highest BCUT2D eigenvalue weighted by Crippen LogP contribution is 2.15. The molecule has 0 aromatic heterocycles. The largest absolute Gasteiger partial charge is 0.489 e. The van der Waals surface area contributed by atoms with E-state index in [2.05, 4.69) is 10.6 Å². The molecule has 0 saturated carbocycles. The number of carbonyl (C=O) groups excluding carboxylic acids is 1. The van der Waals surface area contributed by atoms with Crippen LogP contribution in [0, 0.1) is 5.82 Å². The first-order valence-corrected chi connectivity index (χ1v) is 7.50. The van der Waals surface area contributed by atoms with E-state index in [-0.39, 0.29) is 24.4 Å². The van der Waals surface area contributed by atoms with Crippen LogP contribution in [-0.2, 0) is 17.9 Å². The highest BCUT2D eigenvalue weighted by Gasteiger charge is 2.09. The summed E-state index contributed by atoms with van der Waals surface area (Å²) in [6, 6.07) is 13.8. The van der Waals surface area contributed by atoms with Crippen LogP contribution in [0.4, 0.5) is 4.39 Å². The second-order valence-corrected chi connectivity index (χ2v) is 5.24. The van der Waals surface area contributed by atoms with Gasteiger partial charge in [-0.25, -0.2) is 4.39 Å². The molecule has 1 amide bonds. The summed E-state index contributed by atoms with van der Waals surface area (Å²) < 4.78 is 19.1. The van der Waals surface area contributed by atoms with Gasteiger partial charge in [0.25, 0.3) is 0 Å². The molecule has 2 aromatic carbocycles. The number of hydrogen-bond donors (Lipinski definition) is 2. The lowest BCUT2D eigenvalue weighted by Gasteiger charge is -2.12. The number of amides is 1. The van der Waals surface area contributed by atoms with Crippen LogP contribution in [0.15, 0.2) is 48.5 Å². The lowest BCUT2D eigenvalue weighted by atomic mass is 10.2. The van der Waals surface area contributed by atoms with Crippen molar-refractivity contribution in [2.75, 3.05) is 7.05 Å². The van der Waals surface area contributed by atoms with Crippen LogP contribution < -0.4 is 15.4 Å². The first-order chi connectivity index (χ1) is 11.1. The SMILES string of the molecule is CNC(=O)[C@@H](C)NCc1ccc(OCc2ccccc2F)cc1. The minimum atomic E-state index is -0.267. The van der Waals surface area contributed by atoms with Crippen molar-refractivity contribution in [3.63, 3.8) is 0 Å². The van der Waals surface area contributed by atoms with E-state index in [0.29, 0.717) is 17.9 Å². The highest BCUT2D eigenvalue weighted by molar-refractivity contribution is 5.80. The monoisotopic (exact) mass is 316 g/mol. The third-order valence-electron chi connectivity index (χ3n) is 3.53. The third kappa shape index (κ3) is 5.07. The van der Waals surface area contributed by atoms with Gasteiger partial charge in [0, 0.05) is 19.2 Å². The molecule has 4 nitrogen and oxygen atoms in total. The van der Waals surface area contributed by atoms with Crippen molar-refractivity contribution >= 4 is 5.91 Å². The quantitative estimate of drug-likeness (QED) is 0.825. The topological polar surface area (TPSA) is 50.4 Å². The van der Waals surface area contributed by atoms with Crippen LogP contribution in [0.5, 0.6) is 5.75 Å². The number of rotatable bonds is 7. The lowest BCUT2D eigenvalue weighted by Crippen LogP contribution is -2.40. The molecule has 0 bridgehead atoms. The number of nitrogens with one attached hydrogen (secondary N) is 2. The van der Waals surface area contributed by atoms with Crippen LogP contribution in [0.25, 0.3) is 0 Å². The van der Waals surface area contributed by atoms with Gasteiger partial charge in [-0.05, 0) is 30.7 Å². The van der Waals surface area contributed by atoms with E-state index >= 15 is 0 Å². The van der Waals surface area contributed by atoms with Crippen LogP contribution in [0.2, 0.25) is 0 Å². The minimum Gasteiger partial charge on any atom is -0.489 e. The van der Waals surface area contributed by atoms with Gasteiger partial charge in [-0.2, -0.15) is 0 Å². The molecule has 0 spiro atoms. The zero-order valence-corrected chi connectivity index (χ0v) is 13.3. The van der Waals surface area contributed by atoms with Gasteiger partial charge in [0.05, 0.1) is 6.04 Å². The Morgan fingerprint density at radius 2 is 1.87 bits per heavy atom. The van der Waals surface area contributed by atoms with Crippen LogP contribution >= 0.6 is 0 Å². The van der Waals surface area contributed by atoms with Crippen LogP contribution in [-0.4, -0.2) is 19.0 Å². The van der Waals surface area contributed by atoms with Crippen molar-refractivity contribution in [3.05, 3.63) is 65.5 Å². The summed E-state index contributed by atoms with van der Waals surface area (Å²) in [4.78, 5) is 11.4. The fourth-order valence-electron chi connectivity index (χ4n) is 2.06. The van der Waals surface area contributed by atoms with Gasteiger partial charge >= 0.3 is 0 Å². The molecule has 0 aliphatic rings. The molecular weight excluding hydrogens is 295 g/mol. The maximum atomic E-state index is 13.5. The first-order valence-electron chi connectivity index (χ1n) is 7.50. The van der Waals surface area contributed by atoms with E-state index < -0.39 is 0 Å². The fourth-order valence-corrected chi connectivity index (χ4v) is 2.06. The molecule has 0 unspecified atom stereocenters. The summed E-state index contributed by atoms with van der Waals surface area (Å²) in [5, 5.41) is 5.73. The molecule has 0 heterocycles. The molecular formula is C18H21FN2O2. The van der Waals surface area contributed by atoms with Gasteiger partial charge in [0.2, 0.25) is 5.91 Å². The average molecular weight is 316 g/mol. The molecule has 5 heteroatoms. The Kier molecular flexibility index (Phi) is 6.11. The van der Waals surface area contributed by atoms with Gasteiger partial charge < -0.3 is 15.4 Å². The van der Waals surface area contributed by atoms with E-state index in [4.69, 9.17) is 4.74 Å². The zero-order valence-electron chi connectivity index (χ0n) is 13.3. The predicted molar refractivity (Wildman–Crippen MR) is 87.5 cm³/mol. The van der Waals surface area contributed by atoms with Gasteiger partial charge in [0.15, 0.2) is 0 Å². The number of carbonyl (C=O) groups is 1. The summed E-state index contributed by atoms with van der Waals surface area (Å²) in [6.45, 7) is 2.59. The van der Waals surface area contributed by atoms with Crippen LogP contribution in [0.3, 0.4) is 0 Å². The predicted octanol–water partition coefficient (Wildman–Crippen LogP) is 2.63. The maximum absolute atomic E-state index is 13.5. The second-order valence-electron chi connectivity index (χ2n) is 5.24. The van der Waals surface area contributed by atoms with Crippen LogP contribution in [0.1, 0.15) is 18.1 Å². The molecule has 0 saturated heterocycles. The standard InChI is InChI=1S/C18H21FN2O2/c1-13(18(22)20-2)21-11-14-7-9-16(10-8-14)23-12-15-5-3-4-6-17(15)19/h3-10,13,21H,11-12H2,1-2H3,(H,20,22)/t13-/m1/s1. The Balaban J connectivity index is 1.85. The molecule has 122 valence electrons. The van der Waals surface area contributed by atoms with Crippen molar-refractivity contribution in [3.8, 4) is 5.75 Å². The average Bonchev–Trinajstić information content (AvgIpc) is 2.59. The van der Waals surface area contributed by atoms with E-state index in [1.807, 2.05) is 31.2 Å². The Labute approximate surface area is 135 Å². The minimum absolute atomic E-state index is 0.0464. The molecule has 2 aromatic rings. The highest BCUT2D eigenvalue weighted by atomic mass is 19.1. The molecule has 1 atom stereocenters. The van der Waals surface area contributed by atoms with Crippen molar-refractivity contribution in [1.29, 1.82) is 0 Å². The summed E-state index contributed by atoms with van der Waals surface area (Å²) in [5.74, 6) is 0.364. The number of benzene rings is 2. The van der Waals surface area contributed by atoms with E-state index in [9.17, 15) is 9.18 Å². The van der Waals surface area contributed by atoms with Crippen molar-refractivity contribution < 1.29 is 13.9 Å². The summed E-state index contributed by atoms with van der Waals surface area (Å²) in [6.07, 6.45) is 0. The summed E-state index contributed by atoms with van der Waals surface area (Å²) >= 11 is 0. The Morgan fingerprint density at radius 3 is 2.52 bits per heavy atom. The van der Waals surface area contributed by atoms with E-state index in [1.165, 1.54) is 6.07 Å². The molecule has 0 aliphatic carbocycles. The van der Waals surface area contributed by atoms with E-state index in [1.54, 1.807) is 25.2 Å². The Hall–Kier alpha value is -2.40. The normalized spacial score (nSPS) is 11.8. The van der Waals surface area contributed by atoms with Crippen molar-refractivity contribution in [2.45, 2.75) is 26.1 Å². The molecule has 2 rings (SSSR count). The second kappa shape index (κ2) is 8.29. The lowest BCUT2D eigenvalue weighted by molar-refractivity contribution is -0.122. The summed E-state index contributed by atoms with van der Waals surface area (Å²) in [5.41, 5.74) is 1.57. The molecule has 2 N–H and O–H groups in total. The number of halogens is 1. The fraction of sp³-hybridized carbons (Fsp3) is 0.278.